The van der Waals surface area contributed by atoms with Crippen LogP contribution < -0.4 is 5.32 Å². The smallest absolute Gasteiger partial charge is 0.241 e. The number of hydrogen-bond donors (Lipinski definition) is 1. The van der Waals surface area contributed by atoms with Gasteiger partial charge in [0.05, 0.1) is 12.2 Å². The topological polar surface area (TPSA) is 32.3 Å². The minimum Gasteiger partial charge on any atom is -0.325 e. The zero-order valence-electron chi connectivity index (χ0n) is 12.5. The predicted molar refractivity (Wildman–Crippen MR) is 82.2 cm³/mol. The molecule has 2 fully saturated rings. The monoisotopic (exact) mass is 284 g/mol. The molecular weight excluding hydrogens is 256 g/mol. The molecule has 1 aliphatic carbocycles. The molecule has 2 rings (SSSR count). The number of thioether (sulfide) groups is 1. The van der Waals surface area contributed by atoms with Gasteiger partial charge in [0, 0.05) is 6.54 Å². The highest BCUT2D eigenvalue weighted by atomic mass is 32.2. The summed E-state index contributed by atoms with van der Waals surface area (Å²) in [5.41, 5.74) is 0. The fraction of sp³-hybridized carbons (Fsp3) is 0.933. The van der Waals surface area contributed by atoms with Crippen molar-refractivity contribution < 1.29 is 4.79 Å². The molecule has 0 spiro atoms. The third-order valence-corrected chi connectivity index (χ3v) is 5.41. The van der Waals surface area contributed by atoms with Crippen LogP contribution in [0.25, 0.3) is 0 Å². The first-order valence-corrected chi connectivity index (χ1v) is 9.12. The Balaban J connectivity index is 2.03. The Hall–Kier alpha value is -0.220. The summed E-state index contributed by atoms with van der Waals surface area (Å²) in [5.74, 6) is 2.74. The van der Waals surface area contributed by atoms with Gasteiger partial charge in [-0.1, -0.05) is 26.7 Å². The highest BCUT2D eigenvalue weighted by molar-refractivity contribution is 7.98. The van der Waals surface area contributed by atoms with E-state index in [1.807, 2.05) is 11.8 Å². The van der Waals surface area contributed by atoms with E-state index in [9.17, 15) is 4.79 Å². The quantitative estimate of drug-likeness (QED) is 0.814. The fourth-order valence-electron chi connectivity index (χ4n) is 3.54. The van der Waals surface area contributed by atoms with Crippen molar-refractivity contribution in [1.29, 1.82) is 0 Å². The van der Waals surface area contributed by atoms with Crippen LogP contribution >= 0.6 is 11.8 Å². The molecule has 1 heterocycles. The zero-order chi connectivity index (χ0) is 13.8. The van der Waals surface area contributed by atoms with Gasteiger partial charge in [-0.15, -0.1) is 0 Å². The summed E-state index contributed by atoms with van der Waals surface area (Å²) in [6, 6.07) is 0.0621. The van der Waals surface area contributed by atoms with E-state index in [1.54, 1.807) is 0 Å². The molecular formula is C15H28N2OS. The minimum atomic E-state index is 0.0621. The average molecular weight is 284 g/mol. The normalized spacial score (nSPS) is 30.3. The lowest BCUT2D eigenvalue weighted by atomic mass is 10.0. The van der Waals surface area contributed by atoms with E-state index in [1.165, 1.54) is 25.7 Å². The lowest BCUT2D eigenvalue weighted by molar-refractivity contribution is -0.131. The third kappa shape index (κ3) is 3.46. The summed E-state index contributed by atoms with van der Waals surface area (Å²) >= 11 is 1.88. The van der Waals surface area contributed by atoms with Gasteiger partial charge in [-0.05, 0) is 43.1 Å². The molecule has 1 amide bonds. The van der Waals surface area contributed by atoms with Crippen molar-refractivity contribution in [3.63, 3.8) is 0 Å². The van der Waals surface area contributed by atoms with Crippen molar-refractivity contribution in [2.75, 3.05) is 18.6 Å². The number of rotatable bonds is 6. The van der Waals surface area contributed by atoms with Gasteiger partial charge in [0.1, 0.15) is 0 Å². The second-order valence-electron chi connectivity index (χ2n) is 6.17. The van der Waals surface area contributed by atoms with E-state index in [0.717, 1.165) is 18.7 Å². The summed E-state index contributed by atoms with van der Waals surface area (Å²) in [5, 5.41) is 3.60. The molecule has 1 N–H and O–H groups in total. The van der Waals surface area contributed by atoms with E-state index in [0.29, 0.717) is 23.9 Å². The van der Waals surface area contributed by atoms with E-state index in [-0.39, 0.29) is 6.04 Å². The molecule has 110 valence electrons. The van der Waals surface area contributed by atoms with Crippen LogP contribution in [-0.4, -0.2) is 41.6 Å². The van der Waals surface area contributed by atoms with Gasteiger partial charge in [-0.25, -0.2) is 0 Å². The maximum atomic E-state index is 12.5. The third-order valence-electron chi connectivity index (χ3n) is 4.50. The summed E-state index contributed by atoms with van der Waals surface area (Å²) in [4.78, 5) is 14.7. The predicted octanol–water partition coefficient (Wildman–Crippen LogP) is 2.71. The lowest BCUT2D eigenvalue weighted by Crippen LogP contribution is -2.44. The molecule has 3 nitrogen and oxygen atoms in total. The van der Waals surface area contributed by atoms with Gasteiger partial charge < -0.3 is 4.90 Å². The Morgan fingerprint density at radius 2 is 2.11 bits per heavy atom. The SMILES string of the molecule is CCC1NC(C2CCCC2)N(CC(C)CSC)C1=O. The number of amides is 1. The van der Waals surface area contributed by atoms with Crippen LogP contribution in [-0.2, 0) is 4.79 Å². The molecule has 1 saturated carbocycles. The van der Waals surface area contributed by atoms with Crippen LogP contribution in [0.4, 0.5) is 0 Å². The molecule has 0 radical (unpaired) electrons. The van der Waals surface area contributed by atoms with Crippen molar-refractivity contribution in [1.82, 2.24) is 10.2 Å². The van der Waals surface area contributed by atoms with Crippen molar-refractivity contribution in [2.45, 2.75) is 58.2 Å². The molecule has 0 aromatic rings. The van der Waals surface area contributed by atoms with Crippen LogP contribution in [0.3, 0.4) is 0 Å². The molecule has 3 unspecified atom stereocenters. The standard InChI is InChI=1S/C15H28N2OS/c1-4-13-15(18)17(9-11(2)10-19-3)14(16-13)12-7-5-6-8-12/h11-14,16H,4-10H2,1-3H3. The average Bonchev–Trinajstić information content (AvgIpc) is 2.99. The Morgan fingerprint density at radius 3 is 2.68 bits per heavy atom. The van der Waals surface area contributed by atoms with Crippen molar-refractivity contribution in [3.05, 3.63) is 0 Å². The lowest BCUT2D eigenvalue weighted by Gasteiger charge is -2.31. The maximum Gasteiger partial charge on any atom is 0.241 e. The Morgan fingerprint density at radius 1 is 1.42 bits per heavy atom. The van der Waals surface area contributed by atoms with E-state index in [4.69, 9.17) is 0 Å². The van der Waals surface area contributed by atoms with Gasteiger partial charge in [0.15, 0.2) is 0 Å². The number of carbonyl (C=O) groups is 1. The molecule has 1 aliphatic heterocycles. The van der Waals surface area contributed by atoms with Gasteiger partial charge in [-0.2, -0.15) is 11.8 Å². The van der Waals surface area contributed by atoms with Crippen molar-refractivity contribution >= 4 is 17.7 Å². The van der Waals surface area contributed by atoms with Crippen LogP contribution in [0.2, 0.25) is 0 Å². The fourth-order valence-corrected chi connectivity index (χ4v) is 4.21. The van der Waals surface area contributed by atoms with Crippen LogP contribution in [0, 0.1) is 11.8 Å². The van der Waals surface area contributed by atoms with E-state index >= 15 is 0 Å². The second-order valence-corrected chi connectivity index (χ2v) is 7.08. The Kier molecular flexibility index (Phi) is 5.58. The number of carbonyl (C=O) groups excluding carboxylic acids is 1. The molecule has 0 aromatic carbocycles. The van der Waals surface area contributed by atoms with Gasteiger partial charge in [0.2, 0.25) is 5.91 Å². The van der Waals surface area contributed by atoms with Crippen LogP contribution in [0.5, 0.6) is 0 Å². The molecule has 4 heteroatoms. The molecule has 19 heavy (non-hydrogen) atoms. The zero-order valence-corrected chi connectivity index (χ0v) is 13.3. The Labute approximate surface area is 121 Å². The van der Waals surface area contributed by atoms with Gasteiger partial charge >= 0.3 is 0 Å². The Bertz CT molecular complexity index is 305. The molecule has 3 atom stereocenters. The first kappa shape index (κ1) is 15.2. The summed E-state index contributed by atoms with van der Waals surface area (Å²) < 4.78 is 0. The van der Waals surface area contributed by atoms with Gasteiger partial charge in [0.25, 0.3) is 0 Å². The number of nitrogens with zero attached hydrogens (tertiary/aromatic N) is 1. The molecule has 1 saturated heterocycles. The van der Waals surface area contributed by atoms with Crippen LogP contribution in [0.15, 0.2) is 0 Å². The maximum absolute atomic E-state index is 12.5. The molecule has 0 bridgehead atoms. The molecule has 2 aliphatic rings. The summed E-state index contributed by atoms with van der Waals surface area (Å²) in [6.45, 7) is 5.29. The first-order valence-electron chi connectivity index (χ1n) is 7.72. The van der Waals surface area contributed by atoms with E-state index < -0.39 is 0 Å². The highest BCUT2D eigenvalue weighted by Crippen LogP contribution is 2.32. The largest absolute Gasteiger partial charge is 0.325 e. The number of nitrogens with one attached hydrogen (secondary N) is 1. The van der Waals surface area contributed by atoms with Crippen molar-refractivity contribution in [3.8, 4) is 0 Å². The van der Waals surface area contributed by atoms with E-state index in [2.05, 4.69) is 30.3 Å². The van der Waals surface area contributed by atoms with Crippen molar-refractivity contribution in [2.24, 2.45) is 11.8 Å². The van der Waals surface area contributed by atoms with Crippen LogP contribution in [0.1, 0.15) is 46.0 Å². The highest BCUT2D eigenvalue weighted by Gasteiger charge is 2.42. The number of hydrogen-bond acceptors (Lipinski definition) is 3. The summed E-state index contributed by atoms with van der Waals surface area (Å²) in [7, 11) is 0. The summed E-state index contributed by atoms with van der Waals surface area (Å²) in [6.07, 6.45) is 8.61. The van der Waals surface area contributed by atoms with Gasteiger partial charge in [-0.3, -0.25) is 10.1 Å². The second kappa shape index (κ2) is 6.98. The first-order chi connectivity index (χ1) is 9.17. The molecule has 0 aromatic heterocycles. The minimum absolute atomic E-state index is 0.0621.